The Morgan fingerprint density at radius 3 is 2.57 bits per heavy atom. The number of fused-ring (bicyclic) bond motifs is 1. The molecule has 0 radical (unpaired) electrons. The molecule has 2 rings (SSSR count). The topological polar surface area (TPSA) is 68.2 Å². The van der Waals surface area contributed by atoms with E-state index >= 15 is 0 Å². The van der Waals surface area contributed by atoms with E-state index in [1.54, 1.807) is 13.8 Å². The van der Waals surface area contributed by atoms with Gasteiger partial charge in [-0.2, -0.15) is 0 Å². The van der Waals surface area contributed by atoms with Crippen LogP contribution < -0.4 is 0 Å². The molecule has 0 aromatic heterocycles. The Kier molecular flexibility index (Phi) is 2.53. The van der Waals surface area contributed by atoms with Crippen LogP contribution in [0.15, 0.2) is 0 Å². The van der Waals surface area contributed by atoms with Crippen LogP contribution >= 0.6 is 0 Å². The molecule has 0 bridgehead atoms. The molecule has 2 saturated heterocycles. The molecule has 82 valence electrons. The van der Waals surface area contributed by atoms with Crippen LogP contribution in [0.5, 0.6) is 0 Å². The predicted octanol–water partition coefficient (Wildman–Crippen LogP) is -0.394. The minimum absolute atomic E-state index is 0.00937. The summed E-state index contributed by atoms with van der Waals surface area (Å²) < 4.78 is 16.3. The zero-order valence-corrected chi connectivity index (χ0v) is 8.34. The number of aliphatic hydroxyl groups is 2. The highest BCUT2D eigenvalue weighted by atomic mass is 16.8. The lowest BCUT2D eigenvalue weighted by Gasteiger charge is -2.22. The molecule has 14 heavy (non-hydrogen) atoms. The Balaban J connectivity index is 2.00. The summed E-state index contributed by atoms with van der Waals surface area (Å²) in [5.41, 5.74) is 0. The molecule has 0 aliphatic carbocycles. The van der Waals surface area contributed by atoms with E-state index in [0.717, 1.165) is 0 Å². The molecular weight excluding hydrogens is 188 g/mol. The maximum atomic E-state index is 9.78. The lowest BCUT2D eigenvalue weighted by atomic mass is 10.1. The van der Waals surface area contributed by atoms with Crippen molar-refractivity contribution in [1.82, 2.24) is 0 Å². The molecule has 4 atom stereocenters. The summed E-state index contributed by atoms with van der Waals surface area (Å²) in [5, 5.41) is 18.5. The third-order valence-electron chi connectivity index (χ3n) is 2.53. The average molecular weight is 204 g/mol. The lowest BCUT2D eigenvalue weighted by Crippen LogP contribution is -2.34. The van der Waals surface area contributed by atoms with Gasteiger partial charge in [0.25, 0.3) is 0 Å². The number of hydrogen-bond acceptors (Lipinski definition) is 5. The Bertz CT molecular complexity index is 217. The summed E-state index contributed by atoms with van der Waals surface area (Å²) in [6.07, 6.45) is -1.63. The molecule has 5 heteroatoms. The minimum atomic E-state index is -0.714. The molecule has 0 spiro atoms. The summed E-state index contributed by atoms with van der Waals surface area (Å²) in [7, 11) is 0. The zero-order valence-electron chi connectivity index (χ0n) is 8.34. The molecule has 0 aromatic rings. The zero-order chi connectivity index (χ0) is 10.3. The second-order valence-corrected chi connectivity index (χ2v) is 4.15. The SMILES string of the molecule is CC1(C)O[C@H]2O[C@H](CCO)[C@@H](O)[C@H]2O1. The molecule has 0 unspecified atom stereocenters. The highest BCUT2D eigenvalue weighted by Crippen LogP contribution is 2.37. The van der Waals surface area contributed by atoms with E-state index < -0.39 is 24.3 Å². The average Bonchev–Trinajstić information content (AvgIpc) is 2.50. The van der Waals surface area contributed by atoms with E-state index in [1.165, 1.54) is 0 Å². The smallest absolute Gasteiger partial charge is 0.190 e. The Morgan fingerprint density at radius 1 is 1.29 bits per heavy atom. The van der Waals surface area contributed by atoms with Gasteiger partial charge in [-0.05, 0) is 20.3 Å². The summed E-state index contributed by atoms with van der Waals surface area (Å²) in [5.74, 6) is -0.694. The lowest BCUT2D eigenvalue weighted by molar-refractivity contribution is -0.216. The first-order valence-corrected chi connectivity index (χ1v) is 4.83. The first kappa shape index (κ1) is 10.3. The molecule has 2 fully saturated rings. The summed E-state index contributed by atoms with van der Waals surface area (Å²) >= 11 is 0. The maximum absolute atomic E-state index is 9.78. The van der Waals surface area contributed by atoms with E-state index in [1.807, 2.05) is 0 Å². The van der Waals surface area contributed by atoms with E-state index in [4.69, 9.17) is 19.3 Å². The largest absolute Gasteiger partial charge is 0.396 e. The molecule has 5 nitrogen and oxygen atoms in total. The van der Waals surface area contributed by atoms with Crippen molar-refractivity contribution in [2.75, 3.05) is 6.61 Å². The van der Waals surface area contributed by atoms with Gasteiger partial charge in [0.05, 0.1) is 6.10 Å². The molecule has 2 heterocycles. The van der Waals surface area contributed by atoms with Crippen molar-refractivity contribution in [2.24, 2.45) is 0 Å². The van der Waals surface area contributed by atoms with E-state index in [0.29, 0.717) is 6.42 Å². The van der Waals surface area contributed by atoms with Gasteiger partial charge in [-0.1, -0.05) is 0 Å². The van der Waals surface area contributed by atoms with Gasteiger partial charge in [0, 0.05) is 6.61 Å². The second-order valence-electron chi connectivity index (χ2n) is 4.15. The molecule has 0 saturated carbocycles. The van der Waals surface area contributed by atoms with Gasteiger partial charge in [0.1, 0.15) is 12.2 Å². The van der Waals surface area contributed by atoms with Crippen molar-refractivity contribution >= 4 is 0 Å². The van der Waals surface area contributed by atoms with Crippen LogP contribution in [0.3, 0.4) is 0 Å². The van der Waals surface area contributed by atoms with Crippen LogP contribution in [0.25, 0.3) is 0 Å². The molecule has 2 aliphatic rings. The van der Waals surface area contributed by atoms with Gasteiger partial charge in [-0.3, -0.25) is 0 Å². The van der Waals surface area contributed by atoms with Crippen molar-refractivity contribution in [2.45, 2.75) is 50.7 Å². The molecular formula is C9H16O5. The standard InChI is InChI=1S/C9H16O5/c1-9(2)13-7-6(11)5(3-4-10)12-8(7)14-9/h5-8,10-11H,3-4H2,1-2H3/t5-,6-,7-,8-/m1/s1. The first-order valence-electron chi connectivity index (χ1n) is 4.83. The van der Waals surface area contributed by atoms with Crippen LogP contribution in [0.2, 0.25) is 0 Å². The number of ether oxygens (including phenoxy) is 3. The number of rotatable bonds is 2. The summed E-state index contributed by atoms with van der Waals surface area (Å²) in [4.78, 5) is 0. The number of hydrogen-bond donors (Lipinski definition) is 2. The van der Waals surface area contributed by atoms with Crippen molar-refractivity contribution in [1.29, 1.82) is 0 Å². The Morgan fingerprint density at radius 2 is 2.00 bits per heavy atom. The maximum Gasteiger partial charge on any atom is 0.190 e. The van der Waals surface area contributed by atoms with Crippen LogP contribution in [-0.2, 0) is 14.2 Å². The van der Waals surface area contributed by atoms with Crippen LogP contribution in [0.4, 0.5) is 0 Å². The third-order valence-corrected chi connectivity index (χ3v) is 2.53. The van der Waals surface area contributed by atoms with Crippen molar-refractivity contribution < 1.29 is 24.4 Å². The minimum Gasteiger partial charge on any atom is -0.396 e. The van der Waals surface area contributed by atoms with Crippen LogP contribution in [-0.4, -0.2) is 47.2 Å². The normalized spacial score (nSPS) is 45.4. The van der Waals surface area contributed by atoms with Crippen molar-refractivity contribution in [3.8, 4) is 0 Å². The molecule has 2 N–H and O–H groups in total. The van der Waals surface area contributed by atoms with Gasteiger partial charge in [-0.15, -0.1) is 0 Å². The molecule has 0 aromatic carbocycles. The highest BCUT2D eigenvalue weighted by Gasteiger charge is 2.53. The monoisotopic (exact) mass is 204 g/mol. The number of aliphatic hydroxyl groups excluding tert-OH is 2. The van der Waals surface area contributed by atoms with Crippen LogP contribution in [0, 0.1) is 0 Å². The van der Waals surface area contributed by atoms with Gasteiger partial charge in [-0.25, -0.2) is 0 Å². The molecule has 0 amide bonds. The predicted molar refractivity (Wildman–Crippen MR) is 46.4 cm³/mol. The fourth-order valence-corrected chi connectivity index (χ4v) is 1.92. The Labute approximate surface area is 82.6 Å². The van der Waals surface area contributed by atoms with Gasteiger partial charge >= 0.3 is 0 Å². The van der Waals surface area contributed by atoms with Gasteiger partial charge in [0.2, 0.25) is 0 Å². The first-order chi connectivity index (χ1) is 6.53. The second kappa shape index (κ2) is 3.43. The Hall–Kier alpha value is -0.200. The summed E-state index contributed by atoms with van der Waals surface area (Å²) in [6.45, 7) is 3.55. The fourth-order valence-electron chi connectivity index (χ4n) is 1.92. The van der Waals surface area contributed by atoms with Crippen molar-refractivity contribution in [3.63, 3.8) is 0 Å². The van der Waals surface area contributed by atoms with Crippen LogP contribution in [0.1, 0.15) is 20.3 Å². The van der Waals surface area contributed by atoms with E-state index in [2.05, 4.69) is 0 Å². The quantitative estimate of drug-likeness (QED) is 0.641. The van der Waals surface area contributed by atoms with E-state index in [9.17, 15) is 5.11 Å². The van der Waals surface area contributed by atoms with Gasteiger partial charge < -0.3 is 24.4 Å². The fraction of sp³-hybridized carbons (Fsp3) is 1.00. The van der Waals surface area contributed by atoms with E-state index in [-0.39, 0.29) is 12.7 Å². The highest BCUT2D eigenvalue weighted by molar-refractivity contribution is 4.92. The molecule has 2 aliphatic heterocycles. The summed E-state index contributed by atoms with van der Waals surface area (Å²) in [6, 6.07) is 0. The van der Waals surface area contributed by atoms with Gasteiger partial charge in [0.15, 0.2) is 12.1 Å². The van der Waals surface area contributed by atoms with Crippen molar-refractivity contribution in [3.05, 3.63) is 0 Å². The third kappa shape index (κ3) is 1.66.